The maximum Gasteiger partial charge on any atom is 0.269 e. The summed E-state index contributed by atoms with van der Waals surface area (Å²) >= 11 is 0. The molecule has 2 heterocycles. The molecule has 1 N–H and O–H groups in total. The van der Waals surface area contributed by atoms with Crippen LogP contribution < -0.4 is 10.2 Å². The Morgan fingerprint density at radius 1 is 1.24 bits per heavy atom. The van der Waals surface area contributed by atoms with Crippen LogP contribution in [0.25, 0.3) is 0 Å². The number of hydrogen-bond acceptors (Lipinski definition) is 5. The van der Waals surface area contributed by atoms with Gasteiger partial charge in [0.25, 0.3) is 5.91 Å². The predicted octanol–water partition coefficient (Wildman–Crippen LogP) is 1.22. The molecule has 1 aromatic heterocycles. The highest BCUT2D eigenvalue weighted by Crippen LogP contribution is 2.22. The van der Waals surface area contributed by atoms with Crippen molar-refractivity contribution in [1.82, 2.24) is 15.1 Å². The first-order valence-electron chi connectivity index (χ1n) is 8.18. The summed E-state index contributed by atoms with van der Waals surface area (Å²) in [7, 11) is -1.45. The molecule has 1 aliphatic rings. The van der Waals surface area contributed by atoms with E-state index in [1.54, 1.807) is 36.1 Å². The van der Waals surface area contributed by atoms with Gasteiger partial charge >= 0.3 is 0 Å². The molecule has 1 fully saturated rings. The first kappa shape index (κ1) is 17.5. The largest absolute Gasteiger partial charge is 0.369 e. The fourth-order valence-corrected chi connectivity index (χ4v) is 3.72. The molecule has 1 amide bonds. The third-order valence-electron chi connectivity index (χ3n) is 4.44. The molecule has 3 rings (SSSR count). The SMILES string of the molecule is Cn1nccc1C(=O)NC1CCCN(c2ccc(S(C)(=O)=O)cc2)C1. The zero-order valence-corrected chi connectivity index (χ0v) is 15.2. The molecule has 134 valence electrons. The molecular formula is C17H22N4O3S. The normalized spacial score (nSPS) is 18.2. The number of nitrogens with one attached hydrogen (secondary N) is 1. The summed E-state index contributed by atoms with van der Waals surface area (Å²) < 4.78 is 24.7. The van der Waals surface area contributed by atoms with E-state index < -0.39 is 9.84 Å². The molecule has 25 heavy (non-hydrogen) atoms. The number of sulfone groups is 1. The molecule has 0 spiro atoms. The molecule has 1 saturated heterocycles. The van der Waals surface area contributed by atoms with Crippen LogP contribution in [-0.2, 0) is 16.9 Å². The highest BCUT2D eigenvalue weighted by Gasteiger charge is 2.23. The van der Waals surface area contributed by atoms with E-state index in [1.807, 2.05) is 12.1 Å². The highest BCUT2D eigenvalue weighted by molar-refractivity contribution is 7.90. The smallest absolute Gasteiger partial charge is 0.269 e. The highest BCUT2D eigenvalue weighted by atomic mass is 32.2. The number of piperidine rings is 1. The van der Waals surface area contributed by atoms with Crippen LogP contribution in [-0.4, -0.2) is 49.5 Å². The molecule has 0 radical (unpaired) electrons. The van der Waals surface area contributed by atoms with Gasteiger partial charge in [0.05, 0.1) is 4.90 Å². The van der Waals surface area contributed by atoms with E-state index in [-0.39, 0.29) is 11.9 Å². The van der Waals surface area contributed by atoms with Gasteiger partial charge in [0.15, 0.2) is 9.84 Å². The van der Waals surface area contributed by atoms with Crippen LogP contribution in [0, 0.1) is 0 Å². The number of nitrogens with zero attached hydrogens (tertiary/aromatic N) is 3. The van der Waals surface area contributed by atoms with Crippen LogP contribution in [0.4, 0.5) is 5.69 Å². The summed E-state index contributed by atoms with van der Waals surface area (Å²) in [6, 6.07) is 8.64. The molecule has 2 aromatic rings. The predicted molar refractivity (Wildman–Crippen MR) is 95.5 cm³/mol. The maximum absolute atomic E-state index is 12.3. The summed E-state index contributed by atoms with van der Waals surface area (Å²) in [5, 5.41) is 7.08. The summed E-state index contributed by atoms with van der Waals surface area (Å²) in [6.45, 7) is 1.58. The zero-order chi connectivity index (χ0) is 18.0. The number of carbonyl (C=O) groups is 1. The topological polar surface area (TPSA) is 84.3 Å². The lowest BCUT2D eigenvalue weighted by Gasteiger charge is -2.34. The van der Waals surface area contributed by atoms with Gasteiger partial charge in [-0.1, -0.05) is 0 Å². The molecule has 7 nitrogen and oxygen atoms in total. The average Bonchev–Trinajstić information content (AvgIpc) is 3.01. The molecule has 1 atom stereocenters. The van der Waals surface area contributed by atoms with E-state index in [0.29, 0.717) is 17.1 Å². The first-order chi connectivity index (χ1) is 11.8. The lowest BCUT2D eigenvalue weighted by molar-refractivity contribution is 0.0923. The second-order valence-electron chi connectivity index (χ2n) is 6.36. The van der Waals surface area contributed by atoms with E-state index in [2.05, 4.69) is 15.3 Å². The Labute approximate surface area is 147 Å². The van der Waals surface area contributed by atoms with Gasteiger partial charge in [-0.15, -0.1) is 0 Å². The average molecular weight is 362 g/mol. The van der Waals surface area contributed by atoms with E-state index in [1.165, 1.54) is 6.26 Å². The van der Waals surface area contributed by atoms with Gasteiger partial charge in [-0.3, -0.25) is 9.48 Å². The Bertz CT molecular complexity index is 858. The number of amides is 1. The van der Waals surface area contributed by atoms with Crippen LogP contribution in [0.2, 0.25) is 0 Å². The molecule has 0 saturated carbocycles. The Morgan fingerprint density at radius 2 is 1.96 bits per heavy atom. The van der Waals surface area contributed by atoms with Crippen molar-refractivity contribution in [2.45, 2.75) is 23.8 Å². The van der Waals surface area contributed by atoms with Crippen LogP contribution in [0.1, 0.15) is 23.3 Å². The third-order valence-corrected chi connectivity index (χ3v) is 5.57. The molecule has 0 bridgehead atoms. The van der Waals surface area contributed by atoms with Crippen molar-refractivity contribution in [3.05, 3.63) is 42.2 Å². The minimum Gasteiger partial charge on any atom is -0.369 e. The molecule has 1 aromatic carbocycles. The summed E-state index contributed by atoms with van der Waals surface area (Å²) in [5.41, 5.74) is 1.50. The van der Waals surface area contributed by atoms with Crippen molar-refractivity contribution in [3.8, 4) is 0 Å². The lowest BCUT2D eigenvalue weighted by Crippen LogP contribution is -2.48. The van der Waals surface area contributed by atoms with Crippen molar-refractivity contribution in [2.75, 3.05) is 24.2 Å². The number of anilines is 1. The van der Waals surface area contributed by atoms with Crippen LogP contribution in [0.15, 0.2) is 41.4 Å². The van der Waals surface area contributed by atoms with E-state index in [0.717, 1.165) is 25.1 Å². The van der Waals surface area contributed by atoms with Gasteiger partial charge in [0.2, 0.25) is 0 Å². The minimum absolute atomic E-state index is 0.0470. The fraction of sp³-hybridized carbons (Fsp3) is 0.412. The van der Waals surface area contributed by atoms with Crippen LogP contribution in [0.5, 0.6) is 0 Å². The Balaban J connectivity index is 1.67. The number of aryl methyl sites for hydroxylation is 1. The van der Waals surface area contributed by atoms with Crippen LogP contribution in [0.3, 0.4) is 0 Å². The Kier molecular flexibility index (Phi) is 4.80. The molecule has 1 unspecified atom stereocenters. The van der Waals surface area contributed by atoms with E-state index in [9.17, 15) is 13.2 Å². The summed E-state index contributed by atoms with van der Waals surface area (Å²) in [5.74, 6) is -0.126. The Hall–Kier alpha value is -2.35. The Morgan fingerprint density at radius 3 is 2.56 bits per heavy atom. The van der Waals surface area contributed by atoms with Gasteiger partial charge in [-0.25, -0.2) is 8.42 Å². The van der Waals surface area contributed by atoms with Crippen molar-refractivity contribution in [1.29, 1.82) is 0 Å². The van der Waals surface area contributed by atoms with Crippen molar-refractivity contribution < 1.29 is 13.2 Å². The molecule has 8 heteroatoms. The summed E-state index contributed by atoms with van der Waals surface area (Å²) in [6.07, 6.45) is 4.68. The van der Waals surface area contributed by atoms with Crippen LogP contribution >= 0.6 is 0 Å². The van der Waals surface area contributed by atoms with Crippen molar-refractivity contribution >= 4 is 21.4 Å². The molecule has 0 aliphatic carbocycles. The number of rotatable bonds is 4. The third kappa shape index (κ3) is 4.01. The number of carbonyl (C=O) groups excluding carboxylic acids is 1. The number of benzene rings is 1. The second-order valence-corrected chi connectivity index (χ2v) is 8.38. The zero-order valence-electron chi connectivity index (χ0n) is 14.3. The summed E-state index contributed by atoms with van der Waals surface area (Å²) in [4.78, 5) is 14.8. The second kappa shape index (κ2) is 6.87. The van der Waals surface area contributed by atoms with E-state index in [4.69, 9.17) is 0 Å². The number of aromatic nitrogens is 2. The quantitative estimate of drug-likeness (QED) is 0.884. The van der Waals surface area contributed by atoms with Gasteiger partial charge in [-0.05, 0) is 43.2 Å². The monoisotopic (exact) mass is 362 g/mol. The van der Waals surface area contributed by atoms with Gasteiger partial charge < -0.3 is 10.2 Å². The molecule has 1 aliphatic heterocycles. The standard InChI is InChI=1S/C17H22N4O3S/c1-20-16(9-10-18-20)17(22)19-13-4-3-11-21(12-13)14-5-7-15(8-6-14)25(2,23)24/h5-10,13H,3-4,11-12H2,1-2H3,(H,19,22). The van der Waals surface area contributed by atoms with Gasteiger partial charge in [0.1, 0.15) is 5.69 Å². The minimum atomic E-state index is -3.19. The maximum atomic E-state index is 12.3. The van der Waals surface area contributed by atoms with E-state index >= 15 is 0 Å². The fourth-order valence-electron chi connectivity index (χ4n) is 3.09. The number of hydrogen-bond donors (Lipinski definition) is 1. The first-order valence-corrected chi connectivity index (χ1v) is 10.1. The van der Waals surface area contributed by atoms with Crippen molar-refractivity contribution in [3.63, 3.8) is 0 Å². The van der Waals surface area contributed by atoms with Gasteiger partial charge in [0, 0.05) is 44.3 Å². The molecular weight excluding hydrogens is 340 g/mol. The van der Waals surface area contributed by atoms with Crippen molar-refractivity contribution in [2.24, 2.45) is 7.05 Å². The lowest BCUT2D eigenvalue weighted by atomic mass is 10.0. The van der Waals surface area contributed by atoms with Gasteiger partial charge in [-0.2, -0.15) is 5.10 Å².